The SMILES string of the molecule is COc1ccc(N([C@@H](C)C(=O)NCCSCc2ccc(Cl)cc2Cl)S(C)(=O)=O)cc1. The van der Waals surface area contributed by atoms with Crippen LogP contribution in [0, 0.1) is 0 Å². The lowest BCUT2D eigenvalue weighted by atomic mass is 10.2. The lowest BCUT2D eigenvalue weighted by molar-refractivity contribution is -0.121. The Balaban J connectivity index is 1.91. The highest BCUT2D eigenvalue weighted by atomic mass is 35.5. The maximum Gasteiger partial charge on any atom is 0.243 e. The van der Waals surface area contributed by atoms with Crippen LogP contribution in [0.2, 0.25) is 10.0 Å². The molecule has 0 radical (unpaired) electrons. The Kier molecular flexibility index (Phi) is 9.15. The van der Waals surface area contributed by atoms with Gasteiger partial charge in [-0.3, -0.25) is 9.10 Å². The number of sulfonamides is 1. The second kappa shape index (κ2) is 11.1. The summed E-state index contributed by atoms with van der Waals surface area (Å²) in [5.41, 5.74) is 1.36. The fourth-order valence-electron chi connectivity index (χ4n) is 2.75. The van der Waals surface area contributed by atoms with Gasteiger partial charge in [-0.1, -0.05) is 29.3 Å². The second-order valence-electron chi connectivity index (χ2n) is 6.51. The summed E-state index contributed by atoms with van der Waals surface area (Å²) >= 11 is 13.6. The van der Waals surface area contributed by atoms with E-state index in [1.54, 1.807) is 55.1 Å². The Morgan fingerprint density at radius 2 is 1.87 bits per heavy atom. The van der Waals surface area contributed by atoms with E-state index in [9.17, 15) is 13.2 Å². The highest BCUT2D eigenvalue weighted by Crippen LogP contribution is 2.25. The zero-order valence-electron chi connectivity index (χ0n) is 16.9. The highest BCUT2D eigenvalue weighted by molar-refractivity contribution is 7.98. The summed E-state index contributed by atoms with van der Waals surface area (Å²) in [5.74, 6) is 1.56. The van der Waals surface area contributed by atoms with Crippen molar-refractivity contribution in [3.8, 4) is 5.75 Å². The zero-order valence-corrected chi connectivity index (χ0v) is 20.0. The van der Waals surface area contributed by atoms with Gasteiger partial charge in [0.05, 0.1) is 19.1 Å². The van der Waals surface area contributed by atoms with Crippen LogP contribution in [0.15, 0.2) is 42.5 Å². The molecule has 1 N–H and O–H groups in total. The summed E-state index contributed by atoms with van der Waals surface area (Å²) in [6, 6.07) is 11.0. The number of thioether (sulfide) groups is 1. The molecule has 1 amide bonds. The first-order chi connectivity index (χ1) is 14.1. The number of hydrogen-bond donors (Lipinski definition) is 1. The molecule has 2 aromatic carbocycles. The molecule has 0 saturated carbocycles. The Labute approximate surface area is 191 Å². The lowest BCUT2D eigenvalue weighted by Gasteiger charge is -2.28. The number of rotatable bonds is 10. The average Bonchev–Trinajstić information content (AvgIpc) is 2.68. The van der Waals surface area contributed by atoms with Crippen molar-refractivity contribution in [3.05, 3.63) is 58.1 Å². The molecule has 10 heteroatoms. The zero-order chi connectivity index (χ0) is 22.3. The van der Waals surface area contributed by atoms with Gasteiger partial charge in [-0.2, -0.15) is 11.8 Å². The molecule has 164 valence electrons. The Bertz CT molecular complexity index is 969. The molecule has 0 aliphatic carbocycles. The van der Waals surface area contributed by atoms with Gasteiger partial charge in [0.1, 0.15) is 11.8 Å². The van der Waals surface area contributed by atoms with Crippen LogP contribution >= 0.6 is 35.0 Å². The van der Waals surface area contributed by atoms with Crippen LogP contribution in [0.1, 0.15) is 12.5 Å². The molecular weight excluding hydrogens is 467 g/mol. The monoisotopic (exact) mass is 490 g/mol. The molecule has 0 heterocycles. The highest BCUT2D eigenvalue weighted by Gasteiger charge is 2.28. The van der Waals surface area contributed by atoms with Crippen LogP contribution in [0.4, 0.5) is 5.69 Å². The molecule has 0 fully saturated rings. The number of anilines is 1. The largest absolute Gasteiger partial charge is 0.497 e. The summed E-state index contributed by atoms with van der Waals surface area (Å²) in [6.45, 7) is 1.96. The first-order valence-corrected chi connectivity index (χ1v) is 12.8. The minimum Gasteiger partial charge on any atom is -0.497 e. The second-order valence-corrected chi connectivity index (χ2v) is 10.3. The first-order valence-electron chi connectivity index (χ1n) is 9.06. The van der Waals surface area contributed by atoms with Gasteiger partial charge in [0.25, 0.3) is 0 Å². The van der Waals surface area contributed by atoms with Crippen molar-refractivity contribution in [3.63, 3.8) is 0 Å². The van der Waals surface area contributed by atoms with Crippen molar-refractivity contribution in [2.24, 2.45) is 0 Å². The van der Waals surface area contributed by atoms with Crippen molar-refractivity contribution >= 4 is 56.6 Å². The summed E-state index contributed by atoms with van der Waals surface area (Å²) in [5, 5.41) is 3.99. The minimum absolute atomic E-state index is 0.374. The van der Waals surface area contributed by atoms with Crippen LogP contribution in [-0.2, 0) is 20.6 Å². The quantitative estimate of drug-likeness (QED) is 0.504. The first kappa shape index (κ1) is 24.7. The standard InChI is InChI=1S/C20H24Cl2N2O4S2/c1-14(24(30(3,26)27)17-6-8-18(28-2)9-7-17)20(25)23-10-11-29-13-15-4-5-16(21)12-19(15)22/h4-9,12,14H,10-11,13H2,1-3H3,(H,23,25)/t14-/m0/s1. The topological polar surface area (TPSA) is 75.7 Å². The van der Waals surface area contributed by atoms with Crippen LogP contribution in [0.25, 0.3) is 0 Å². The van der Waals surface area contributed by atoms with E-state index >= 15 is 0 Å². The van der Waals surface area contributed by atoms with Gasteiger partial charge < -0.3 is 10.1 Å². The van der Waals surface area contributed by atoms with Gasteiger partial charge in [-0.15, -0.1) is 0 Å². The number of methoxy groups -OCH3 is 1. The third kappa shape index (κ3) is 6.97. The number of hydrogen-bond acceptors (Lipinski definition) is 5. The fraction of sp³-hybridized carbons (Fsp3) is 0.350. The van der Waals surface area contributed by atoms with Crippen molar-refractivity contribution in [2.45, 2.75) is 18.7 Å². The van der Waals surface area contributed by atoms with Crippen LogP contribution < -0.4 is 14.4 Å². The smallest absolute Gasteiger partial charge is 0.243 e. The summed E-state index contributed by atoms with van der Waals surface area (Å²) in [7, 11) is -2.13. The van der Waals surface area contributed by atoms with E-state index in [0.29, 0.717) is 39.5 Å². The Morgan fingerprint density at radius 3 is 2.43 bits per heavy atom. The Morgan fingerprint density at radius 1 is 1.20 bits per heavy atom. The maximum atomic E-state index is 12.6. The summed E-state index contributed by atoms with van der Waals surface area (Å²) < 4.78 is 30.8. The number of nitrogens with zero attached hydrogens (tertiary/aromatic N) is 1. The van der Waals surface area contributed by atoms with E-state index in [4.69, 9.17) is 27.9 Å². The number of nitrogens with one attached hydrogen (secondary N) is 1. The van der Waals surface area contributed by atoms with Crippen LogP contribution in [-0.4, -0.2) is 46.0 Å². The van der Waals surface area contributed by atoms with Gasteiger partial charge in [-0.05, 0) is 48.9 Å². The molecule has 30 heavy (non-hydrogen) atoms. The molecule has 1 atom stereocenters. The van der Waals surface area contributed by atoms with Gasteiger partial charge in [0, 0.05) is 28.1 Å². The number of carbonyl (C=O) groups excluding carboxylic acids is 1. The number of benzene rings is 2. The maximum absolute atomic E-state index is 12.6. The minimum atomic E-state index is -3.66. The molecule has 0 unspecified atom stereocenters. The molecule has 6 nitrogen and oxygen atoms in total. The van der Waals surface area contributed by atoms with E-state index in [0.717, 1.165) is 16.1 Å². The summed E-state index contributed by atoms with van der Waals surface area (Å²) in [4.78, 5) is 12.6. The Hall–Kier alpha value is -1.61. The van der Waals surface area contributed by atoms with E-state index in [1.165, 1.54) is 7.11 Å². The average molecular weight is 491 g/mol. The molecule has 0 aliphatic heterocycles. The van der Waals surface area contributed by atoms with Gasteiger partial charge in [0.2, 0.25) is 15.9 Å². The molecule has 0 saturated heterocycles. The molecule has 2 rings (SSSR count). The third-order valence-corrected chi connectivity index (χ3v) is 7.07. The number of ether oxygens (including phenoxy) is 1. The third-order valence-electron chi connectivity index (χ3n) is 4.23. The molecular formula is C20H24Cl2N2O4S2. The van der Waals surface area contributed by atoms with Gasteiger partial charge in [-0.25, -0.2) is 8.42 Å². The fourth-order valence-corrected chi connectivity index (χ4v) is 5.34. The van der Waals surface area contributed by atoms with Crippen LogP contribution in [0.3, 0.4) is 0 Å². The van der Waals surface area contributed by atoms with Crippen molar-refractivity contribution in [2.75, 3.05) is 30.0 Å². The van der Waals surface area contributed by atoms with Crippen LogP contribution in [0.5, 0.6) is 5.75 Å². The molecule has 0 bridgehead atoms. The molecule has 0 aliphatic rings. The van der Waals surface area contributed by atoms with E-state index < -0.39 is 16.1 Å². The number of amides is 1. The van der Waals surface area contributed by atoms with E-state index in [-0.39, 0.29) is 5.91 Å². The molecule has 0 aromatic heterocycles. The number of halogens is 2. The lowest BCUT2D eigenvalue weighted by Crippen LogP contribution is -2.48. The van der Waals surface area contributed by atoms with Crippen molar-refractivity contribution in [1.82, 2.24) is 5.32 Å². The van der Waals surface area contributed by atoms with E-state index in [1.807, 2.05) is 6.07 Å². The van der Waals surface area contributed by atoms with Gasteiger partial charge in [0.15, 0.2) is 0 Å². The van der Waals surface area contributed by atoms with Gasteiger partial charge >= 0.3 is 0 Å². The molecule has 0 spiro atoms. The van der Waals surface area contributed by atoms with E-state index in [2.05, 4.69) is 5.32 Å². The predicted molar refractivity (Wildman–Crippen MR) is 125 cm³/mol. The normalized spacial score (nSPS) is 12.3. The van der Waals surface area contributed by atoms with Crippen molar-refractivity contribution in [1.29, 1.82) is 0 Å². The summed E-state index contributed by atoms with van der Waals surface area (Å²) in [6.07, 6.45) is 1.08. The number of carbonyl (C=O) groups is 1. The molecule has 2 aromatic rings. The predicted octanol–water partition coefficient (Wildman–Crippen LogP) is 4.21. The van der Waals surface area contributed by atoms with Crippen molar-refractivity contribution < 1.29 is 17.9 Å².